The number of aryl methyl sites for hydroxylation is 1. The zero-order chi connectivity index (χ0) is 12.1. The van der Waals surface area contributed by atoms with Crippen molar-refractivity contribution in [3.8, 4) is 0 Å². The summed E-state index contributed by atoms with van der Waals surface area (Å²) in [5, 5.41) is 0. The van der Waals surface area contributed by atoms with E-state index >= 15 is 0 Å². The monoisotopic (exact) mass is 229 g/mol. The number of nitrogens with zero attached hydrogens (tertiary/aromatic N) is 1. The normalized spacial score (nSPS) is 18.9. The predicted molar refractivity (Wildman–Crippen MR) is 75.1 cm³/mol. The molecule has 0 aliphatic carbocycles. The molecule has 0 atom stereocenters. The van der Waals surface area contributed by atoms with Gasteiger partial charge < -0.3 is 0 Å². The van der Waals surface area contributed by atoms with Crippen LogP contribution in [0.15, 0.2) is 30.3 Å². The third kappa shape index (κ3) is 4.01. The second kappa shape index (κ2) is 6.02. The quantitative estimate of drug-likeness (QED) is 0.763. The van der Waals surface area contributed by atoms with E-state index in [-0.39, 0.29) is 0 Å². The van der Waals surface area contributed by atoms with Crippen molar-refractivity contribution in [3.05, 3.63) is 41.5 Å². The van der Waals surface area contributed by atoms with E-state index < -0.39 is 0 Å². The van der Waals surface area contributed by atoms with Crippen LogP contribution in [0.3, 0.4) is 0 Å². The second-order valence-electron chi connectivity index (χ2n) is 5.30. The standard InChI is InChI=1S/C16H23N/c1-14-5-7-16(8-6-14)4-3-11-17-12-9-15(2)10-13-17/h3-8,15H,9-13H2,1-2H3/b4-3+. The molecule has 0 saturated carbocycles. The number of hydrogen-bond donors (Lipinski definition) is 0. The van der Waals surface area contributed by atoms with Crippen molar-refractivity contribution in [2.45, 2.75) is 26.7 Å². The lowest BCUT2D eigenvalue weighted by Gasteiger charge is -2.29. The Labute approximate surface area is 105 Å². The van der Waals surface area contributed by atoms with Crippen LogP contribution in [0, 0.1) is 12.8 Å². The first kappa shape index (κ1) is 12.4. The molecule has 1 saturated heterocycles. The molecule has 1 aromatic carbocycles. The average Bonchev–Trinajstić information content (AvgIpc) is 2.34. The van der Waals surface area contributed by atoms with Gasteiger partial charge >= 0.3 is 0 Å². The molecule has 0 N–H and O–H groups in total. The topological polar surface area (TPSA) is 3.24 Å². The molecule has 1 fully saturated rings. The van der Waals surface area contributed by atoms with Gasteiger partial charge in [0, 0.05) is 6.54 Å². The molecule has 1 heteroatoms. The van der Waals surface area contributed by atoms with Gasteiger partial charge in [0.15, 0.2) is 0 Å². The molecule has 0 bridgehead atoms. The van der Waals surface area contributed by atoms with Gasteiger partial charge in [0.1, 0.15) is 0 Å². The third-order valence-corrected chi connectivity index (χ3v) is 3.63. The smallest absolute Gasteiger partial charge is 0.0166 e. The summed E-state index contributed by atoms with van der Waals surface area (Å²) in [4.78, 5) is 2.55. The lowest BCUT2D eigenvalue weighted by molar-refractivity contribution is 0.210. The maximum atomic E-state index is 2.55. The van der Waals surface area contributed by atoms with Gasteiger partial charge in [-0.2, -0.15) is 0 Å². The first-order valence-electron chi connectivity index (χ1n) is 6.69. The molecule has 92 valence electrons. The molecule has 0 unspecified atom stereocenters. The molecule has 2 rings (SSSR count). The SMILES string of the molecule is Cc1ccc(/C=C/CN2CCC(C)CC2)cc1. The zero-order valence-electron chi connectivity index (χ0n) is 11.0. The highest BCUT2D eigenvalue weighted by atomic mass is 15.1. The molecule has 0 aromatic heterocycles. The molecule has 1 heterocycles. The van der Waals surface area contributed by atoms with Gasteiger partial charge in [-0.25, -0.2) is 0 Å². The number of piperidine rings is 1. The van der Waals surface area contributed by atoms with E-state index in [0.717, 1.165) is 12.5 Å². The number of likely N-dealkylation sites (tertiary alicyclic amines) is 1. The van der Waals surface area contributed by atoms with Crippen molar-refractivity contribution in [1.82, 2.24) is 4.90 Å². The van der Waals surface area contributed by atoms with Crippen LogP contribution in [-0.4, -0.2) is 24.5 Å². The molecular formula is C16H23N. The van der Waals surface area contributed by atoms with Gasteiger partial charge in [0.05, 0.1) is 0 Å². The van der Waals surface area contributed by atoms with E-state index in [1.165, 1.54) is 37.1 Å². The Kier molecular flexibility index (Phi) is 4.38. The van der Waals surface area contributed by atoms with E-state index in [0.29, 0.717) is 0 Å². The third-order valence-electron chi connectivity index (χ3n) is 3.63. The Bertz CT molecular complexity index is 356. The van der Waals surface area contributed by atoms with Crippen molar-refractivity contribution >= 4 is 6.08 Å². The van der Waals surface area contributed by atoms with Crippen LogP contribution in [0.5, 0.6) is 0 Å². The van der Waals surface area contributed by atoms with E-state index in [1.807, 2.05) is 0 Å². The van der Waals surface area contributed by atoms with Crippen LogP contribution in [0.2, 0.25) is 0 Å². The first-order valence-corrected chi connectivity index (χ1v) is 6.69. The van der Waals surface area contributed by atoms with Gasteiger partial charge in [0.2, 0.25) is 0 Å². The molecule has 17 heavy (non-hydrogen) atoms. The summed E-state index contributed by atoms with van der Waals surface area (Å²) in [5.41, 5.74) is 2.63. The average molecular weight is 229 g/mol. The summed E-state index contributed by atoms with van der Waals surface area (Å²) in [6.45, 7) is 8.11. The van der Waals surface area contributed by atoms with Crippen molar-refractivity contribution in [3.63, 3.8) is 0 Å². The number of benzene rings is 1. The van der Waals surface area contributed by atoms with Crippen LogP contribution in [-0.2, 0) is 0 Å². The summed E-state index contributed by atoms with van der Waals surface area (Å²) < 4.78 is 0. The summed E-state index contributed by atoms with van der Waals surface area (Å²) in [7, 11) is 0. The van der Waals surface area contributed by atoms with Gasteiger partial charge in [-0.15, -0.1) is 0 Å². The van der Waals surface area contributed by atoms with Gasteiger partial charge in [0.25, 0.3) is 0 Å². The first-order chi connectivity index (χ1) is 8.24. The Hall–Kier alpha value is -1.08. The maximum absolute atomic E-state index is 2.55. The van der Waals surface area contributed by atoms with Gasteiger partial charge in [-0.05, 0) is 44.3 Å². The molecule has 1 aliphatic rings. The van der Waals surface area contributed by atoms with E-state index in [2.05, 4.69) is 55.2 Å². The van der Waals surface area contributed by atoms with Crippen LogP contribution in [0.25, 0.3) is 6.08 Å². The fourth-order valence-corrected chi connectivity index (χ4v) is 2.26. The molecule has 1 aromatic rings. The highest BCUT2D eigenvalue weighted by Gasteiger charge is 2.13. The summed E-state index contributed by atoms with van der Waals surface area (Å²) in [6.07, 6.45) is 7.24. The predicted octanol–water partition coefficient (Wildman–Crippen LogP) is 3.74. The number of rotatable bonds is 3. The maximum Gasteiger partial charge on any atom is 0.0166 e. The van der Waals surface area contributed by atoms with Crippen LogP contribution in [0.1, 0.15) is 30.9 Å². The molecule has 0 radical (unpaired) electrons. The molecule has 0 spiro atoms. The summed E-state index contributed by atoms with van der Waals surface area (Å²) in [6, 6.07) is 8.71. The van der Waals surface area contributed by atoms with Crippen molar-refractivity contribution in [2.24, 2.45) is 5.92 Å². The number of hydrogen-bond acceptors (Lipinski definition) is 1. The zero-order valence-corrected chi connectivity index (χ0v) is 11.0. The lowest BCUT2D eigenvalue weighted by atomic mass is 9.99. The Morgan fingerprint density at radius 1 is 1.18 bits per heavy atom. The highest BCUT2D eigenvalue weighted by molar-refractivity contribution is 5.49. The Morgan fingerprint density at radius 3 is 2.47 bits per heavy atom. The second-order valence-corrected chi connectivity index (χ2v) is 5.30. The van der Waals surface area contributed by atoms with Crippen LogP contribution < -0.4 is 0 Å². The molecule has 1 aliphatic heterocycles. The minimum Gasteiger partial charge on any atom is -0.300 e. The summed E-state index contributed by atoms with van der Waals surface area (Å²) in [5.74, 6) is 0.923. The van der Waals surface area contributed by atoms with Crippen LogP contribution >= 0.6 is 0 Å². The Morgan fingerprint density at radius 2 is 1.82 bits per heavy atom. The van der Waals surface area contributed by atoms with Crippen molar-refractivity contribution in [2.75, 3.05) is 19.6 Å². The highest BCUT2D eigenvalue weighted by Crippen LogP contribution is 2.15. The Balaban J connectivity index is 1.79. The lowest BCUT2D eigenvalue weighted by Crippen LogP contribution is -2.32. The van der Waals surface area contributed by atoms with Crippen LogP contribution in [0.4, 0.5) is 0 Å². The van der Waals surface area contributed by atoms with E-state index in [1.54, 1.807) is 0 Å². The minimum atomic E-state index is 0.923. The molecule has 1 nitrogen and oxygen atoms in total. The van der Waals surface area contributed by atoms with Gasteiger partial charge in [-0.3, -0.25) is 4.90 Å². The van der Waals surface area contributed by atoms with Gasteiger partial charge in [-0.1, -0.05) is 48.9 Å². The van der Waals surface area contributed by atoms with Crippen molar-refractivity contribution < 1.29 is 0 Å². The fraction of sp³-hybridized carbons (Fsp3) is 0.500. The largest absolute Gasteiger partial charge is 0.300 e. The summed E-state index contributed by atoms with van der Waals surface area (Å²) >= 11 is 0. The molecular weight excluding hydrogens is 206 g/mol. The molecule has 0 amide bonds. The van der Waals surface area contributed by atoms with E-state index in [4.69, 9.17) is 0 Å². The van der Waals surface area contributed by atoms with Crippen molar-refractivity contribution in [1.29, 1.82) is 0 Å². The minimum absolute atomic E-state index is 0.923. The fourth-order valence-electron chi connectivity index (χ4n) is 2.26. The van der Waals surface area contributed by atoms with E-state index in [9.17, 15) is 0 Å².